The molecule has 7 nitrogen and oxygen atoms in total. The van der Waals surface area contributed by atoms with Gasteiger partial charge in [-0.15, -0.1) is 0 Å². The average molecular weight is 401 g/mol. The van der Waals surface area contributed by atoms with Crippen LogP contribution >= 0.6 is 0 Å². The van der Waals surface area contributed by atoms with Gasteiger partial charge in [0.1, 0.15) is 12.0 Å². The molecule has 7 heteroatoms. The third-order valence-corrected chi connectivity index (χ3v) is 5.18. The van der Waals surface area contributed by atoms with Crippen molar-refractivity contribution < 1.29 is 9.84 Å². The van der Waals surface area contributed by atoms with Gasteiger partial charge in [0.25, 0.3) is 0 Å². The zero-order valence-corrected chi connectivity index (χ0v) is 17.1. The van der Waals surface area contributed by atoms with E-state index in [0.717, 1.165) is 34.4 Å². The summed E-state index contributed by atoms with van der Waals surface area (Å²) < 4.78 is 7.33. The average Bonchev–Trinajstić information content (AvgIpc) is 3.01. The molecule has 0 atom stereocenters. The Balaban J connectivity index is 1.65. The van der Waals surface area contributed by atoms with E-state index in [1.54, 1.807) is 30.7 Å². The number of phenolic OH excluding ortho intramolecular Hbond substituents is 1. The minimum atomic E-state index is 0.0889. The number of aryl methyl sites for hydroxylation is 1. The van der Waals surface area contributed by atoms with Crippen molar-refractivity contribution in [3.05, 3.63) is 77.2 Å². The first kappa shape index (κ1) is 19.4. The molecule has 0 aliphatic carbocycles. The number of hydrogen-bond acceptors (Lipinski definition) is 6. The number of aromatic nitrogens is 3. The lowest BCUT2D eigenvalue weighted by molar-refractivity contribution is 0.373. The molecule has 0 saturated carbocycles. The third-order valence-electron chi connectivity index (χ3n) is 5.18. The molecule has 0 aliphatic rings. The van der Waals surface area contributed by atoms with Crippen molar-refractivity contribution in [3.8, 4) is 11.5 Å². The van der Waals surface area contributed by atoms with Gasteiger partial charge in [-0.05, 0) is 48.7 Å². The molecule has 30 heavy (non-hydrogen) atoms. The van der Waals surface area contributed by atoms with E-state index in [0.29, 0.717) is 11.6 Å². The van der Waals surface area contributed by atoms with Crippen molar-refractivity contribution >= 4 is 23.1 Å². The van der Waals surface area contributed by atoms with Gasteiger partial charge in [-0.3, -0.25) is 5.43 Å². The maximum Gasteiger partial charge on any atom is 0.161 e. The highest BCUT2D eigenvalue weighted by Crippen LogP contribution is 2.29. The van der Waals surface area contributed by atoms with Crippen molar-refractivity contribution in [1.29, 1.82) is 0 Å². The maximum absolute atomic E-state index is 9.72. The first-order chi connectivity index (χ1) is 14.6. The van der Waals surface area contributed by atoms with Crippen LogP contribution in [0.2, 0.25) is 0 Å². The Bertz CT molecular complexity index is 1220. The number of nitrogens with one attached hydrogen (secondary N) is 1. The van der Waals surface area contributed by atoms with Gasteiger partial charge in [-0.2, -0.15) is 5.10 Å². The van der Waals surface area contributed by atoms with Crippen molar-refractivity contribution in [1.82, 2.24) is 14.5 Å². The molecule has 2 aromatic heterocycles. The van der Waals surface area contributed by atoms with Crippen LogP contribution in [-0.2, 0) is 6.54 Å². The Morgan fingerprint density at radius 3 is 2.70 bits per heavy atom. The molecule has 0 unspecified atom stereocenters. The summed E-state index contributed by atoms with van der Waals surface area (Å²) in [6.45, 7) is 4.90. The number of hydrogen-bond donors (Lipinski definition) is 2. The second-order valence-corrected chi connectivity index (χ2v) is 7.00. The highest BCUT2D eigenvalue weighted by atomic mass is 16.5. The van der Waals surface area contributed by atoms with E-state index in [-0.39, 0.29) is 5.75 Å². The molecule has 2 N–H and O–H groups in total. The normalized spacial score (nSPS) is 11.3. The first-order valence-corrected chi connectivity index (χ1v) is 9.59. The van der Waals surface area contributed by atoms with Crippen LogP contribution in [0.4, 0.5) is 5.82 Å². The predicted molar refractivity (Wildman–Crippen MR) is 118 cm³/mol. The number of aromatic hydroxyl groups is 1. The number of rotatable bonds is 6. The number of methoxy groups -OCH3 is 1. The van der Waals surface area contributed by atoms with Crippen molar-refractivity contribution in [3.63, 3.8) is 0 Å². The molecule has 152 valence electrons. The summed E-state index contributed by atoms with van der Waals surface area (Å²) >= 11 is 0. The van der Waals surface area contributed by atoms with Gasteiger partial charge in [0.05, 0.1) is 18.7 Å². The van der Waals surface area contributed by atoms with E-state index in [1.165, 1.54) is 12.7 Å². The van der Waals surface area contributed by atoms with Crippen molar-refractivity contribution in [2.24, 2.45) is 5.10 Å². The molecule has 0 bridgehead atoms. The molecule has 2 aromatic carbocycles. The van der Waals surface area contributed by atoms with Crippen LogP contribution in [0.25, 0.3) is 11.0 Å². The fourth-order valence-electron chi connectivity index (χ4n) is 3.46. The van der Waals surface area contributed by atoms with Gasteiger partial charge in [0.15, 0.2) is 17.3 Å². The summed E-state index contributed by atoms with van der Waals surface area (Å²) in [6.07, 6.45) is 3.20. The quantitative estimate of drug-likeness (QED) is 0.373. The summed E-state index contributed by atoms with van der Waals surface area (Å²) in [5.41, 5.74) is 8.16. The van der Waals surface area contributed by atoms with Crippen LogP contribution in [-0.4, -0.2) is 33.0 Å². The molecule has 0 saturated heterocycles. The molecule has 4 rings (SSSR count). The molecular formula is C23H23N5O2. The van der Waals surface area contributed by atoms with Gasteiger partial charge in [0.2, 0.25) is 0 Å². The lowest BCUT2D eigenvalue weighted by Gasteiger charge is -2.08. The zero-order valence-electron chi connectivity index (χ0n) is 17.1. The molecule has 0 fully saturated rings. The second-order valence-electron chi connectivity index (χ2n) is 7.00. The lowest BCUT2D eigenvalue weighted by atomic mass is 10.2. The van der Waals surface area contributed by atoms with Crippen LogP contribution < -0.4 is 10.2 Å². The second kappa shape index (κ2) is 8.24. The highest BCUT2D eigenvalue weighted by molar-refractivity contribution is 5.92. The number of hydrazone groups is 1. The Morgan fingerprint density at radius 2 is 1.93 bits per heavy atom. The summed E-state index contributed by atoms with van der Waals surface area (Å²) in [4.78, 5) is 8.93. The van der Waals surface area contributed by atoms with Crippen LogP contribution in [0.1, 0.15) is 22.4 Å². The molecular weight excluding hydrogens is 378 g/mol. The van der Waals surface area contributed by atoms with E-state index < -0.39 is 0 Å². The van der Waals surface area contributed by atoms with E-state index in [4.69, 9.17) is 4.74 Å². The van der Waals surface area contributed by atoms with Gasteiger partial charge in [-0.25, -0.2) is 9.97 Å². The minimum Gasteiger partial charge on any atom is -0.504 e. The number of phenols is 1. The molecule has 0 amide bonds. The predicted octanol–water partition coefficient (Wildman–Crippen LogP) is 4.26. The minimum absolute atomic E-state index is 0.0889. The summed E-state index contributed by atoms with van der Waals surface area (Å²) in [5, 5.41) is 15.0. The SMILES string of the molecule is COc1cc(C=NNc2ncnc3c2c(C)c(C)n3Cc2ccccc2)ccc1O. The zero-order chi connectivity index (χ0) is 21.1. The molecule has 0 spiro atoms. The molecule has 0 radical (unpaired) electrons. The maximum atomic E-state index is 9.72. The number of fused-ring (bicyclic) bond motifs is 1. The van der Waals surface area contributed by atoms with E-state index in [9.17, 15) is 5.11 Å². The summed E-state index contributed by atoms with van der Waals surface area (Å²) in [6, 6.07) is 15.3. The van der Waals surface area contributed by atoms with Crippen LogP contribution in [0.3, 0.4) is 0 Å². The highest BCUT2D eigenvalue weighted by Gasteiger charge is 2.16. The van der Waals surface area contributed by atoms with Gasteiger partial charge in [0, 0.05) is 12.2 Å². The fraction of sp³-hybridized carbons (Fsp3) is 0.174. The third kappa shape index (κ3) is 3.69. The van der Waals surface area contributed by atoms with Crippen LogP contribution in [0, 0.1) is 13.8 Å². The number of benzene rings is 2. The fourth-order valence-corrected chi connectivity index (χ4v) is 3.46. The van der Waals surface area contributed by atoms with Crippen molar-refractivity contribution in [2.75, 3.05) is 12.5 Å². The summed E-state index contributed by atoms with van der Waals surface area (Å²) in [5.74, 6) is 1.13. The largest absolute Gasteiger partial charge is 0.504 e. The number of anilines is 1. The van der Waals surface area contributed by atoms with Gasteiger partial charge in [-0.1, -0.05) is 30.3 Å². The smallest absolute Gasteiger partial charge is 0.161 e. The first-order valence-electron chi connectivity index (χ1n) is 9.59. The molecule has 4 aromatic rings. The Kier molecular flexibility index (Phi) is 5.34. The van der Waals surface area contributed by atoms with E-state index >= 15 is 0 Å². The summed E-state index contributed by atoms with van der Waals surface area (Å²) in [7, 11) is 1.51. The number of nitrogens with zero attached hydrogens (tertiary/aromatic N) is 4. The van der Waals surface area contributed by atoms with Gasteiger partial charge >= 0.3 is 0 Å². The molecule has 2 heterocycles. The van der Waals surface area contributed by atoms with Crippen LogP contribution in [0.15, 0.2) is 60.0 Å². The number of ether oxygens (including phenoxy) is 1. The Morgan fingerprint density at radius 1 is 1.13 bits per heavy atom. The van der Waals surface area contributed by atoms with E-state index in [2.05, 4.69) is 51.0 Å². The monoisotopic (exact) mass is 401 g/mol. The lowest BCUT2D eigenvalue weighted by Crippen LogP contribution is -2.03. The van der Waals surface area contributed by atoms with E-state index in [1.807, 2.05) is 18.2 Å². The Hall–Kier alpha value is -3.87. The molecule has 0 aliphatic heterocycles. The van der Waals surface area contributed by atoms with Gasteiger partial charge < -0.3 is 14.4 Å². The van der Waals surface area contributed by atoms with Crippen molar-refractivity contribution in [2.45, 2.75) is 20.4 Å². The Labute approximate surface area is 174 Å². The topological polar surface area (TPSA) is 84.6 Å². The van der Waals surface area contributed by atoms with Crippen LogP contribution in [0.5, 0.6) is 11.5 Å². The standard InChI is InChI=1S/C23H23N5O2/c1-15-16(2)28(13-17-7-5-4-6-8-17)23-21(15)22(24-14-25-23)27-26-12-18-9-10-19(29)20(11-18)30-3/h4-12,14,29H,13H2,1-3H3,(H,24,25,27).